The number of aromatic nitrogens is 2. The van der Waals surface area contributed by atoms with Gasteiger partial charge in [0.05, 0.1) is 10.9 Å². The Kier molecular flexibility index (Phi) is 2.46. The molecule has 0 bridgehead atoms. The molecule has 1 aliphatic rings. The Morgan fingerprint density at radius 1 is 1.24 bits per heavy atom. The highest BCUT2D eigenvalue weighted by Gasteiger charge is 2.20. The smallest absolute Gasteiger partial charge is 0.261 e. The van der Waals surface area contributed by atoms with Crippen LogP contribution in [0.4, 0.5) is 0 Å². The summed E-state index contributed by atoms with van der Waals surface area (Å²) in [6.45, 7) is 1.94. The van der Waals surface area contributed by atoms with Gasteiger partial charge in [-0.3, -0.25) is 9.36 Å². The fourth-order valence-corrected chi connectivity index (χ4v) is 2.85. The minimum atomic E-state index is 0.125. The lowest BCUT2D eigenvalue weighted by atomic mass is 10.2. The summed E-state index contributed by atoms with van der Waals surface area (Å²) in [5, 5.41) is 0.741. The average Bonchev–Trinajstić information content (AvgIpc) is 2.83. The van der Waals surface area contributed by atoms with Gasteiger partial charge in [0, 0.05) is 6.04 Å². The summed E-state index contributed by atoms with van der Waals surface area (Å²) in [5.41, 5.74) is 0.934. The van der Waals surface area contributed by atoms with Crippen LogP contribution in [0.25, 0.3) is 10.9 Å². The lowest BCUT2D eigenvalue weighted by Gasteiger charge is -2.16. The van der Waals surface area contributed by atoms with Gasteiger partial charge in [-0.15, -0.1) is 0 Å². The van der Waals surface area contributed by atoms with E-state index in [1.807, 2.05) is 35.8 Å². The van der Waals surface area contributed by atoms with Crippen molar-refractivity contribution in [3.8, 4) is 0 Å². The van der Waals surface area contributed by atoms with Crippen LogP contribution in [0.2, 0.25) is 0 Å². The van der Waals surface area contributed by atoms with Crippen molar-refractivity contribution in [3.63, 3.8) is 0 Å². The first kappa shape index (κ1) is 10.5. The maximum absolute atomic E-state index is 12.5. The highest BCUT2D eigenvalue weighted by molar-refractivity contribution is 5.77. The van der Waals surface area contributed by atoms with Crippen LogP contribution in [-0.4, -0.2) is 9.55 Å². The number of rotatable bonds is 1. The monoisotopic (exact) mass is 228 g/mol. The molecule has 1 aromatic heterocycles. The Balaban J connectivity index is 2.27. The molecule has 2 aromatic rings. The van der Waals surface area contributed by atoms with Gasteiger partial charge in [0.25, 0.3) is 5.56 Å². The van der Waals surface area contributed by atoms with Crippen LogP contribution in [0, 0.1) is 6.92 Å². The summed E-state index contributed by atoms with van der Waals surface area (Å²) < 4.78 is 1.90. The topological polar surface area (TPSA) is 34.9 Å². The molecule has 0 N–H and O–H groups in total. The molecule has 0 radical (unpaired) electrons. The number of fused-ring (bicyclic) bond motifs is 1. The van der Waals surface area contributed by atoms with E-state index in [9.17, 15) is 4.79 Å². The number of hydrogen-bond donors (Lipinski definition) is 0. The van der Waals surface area contributed by atoms with Gasteiger partial charge in [0.2, 0.25) is 0 Å². The lowest BCUT2D eigenvalue weighted by molar-refractivity contribution is 0.486. The zero-order valence-electron chi connectivity index (χ0n) is 10.0. The molecule has 3 heteroatoms. The van der Waals surface area contributed by atoms with E-state index in [-0.39, 0.29) is 5.56 Å². The molecular formula is C14H16N2O. The molecule has 0 aliphatic heterocycles. The number of aryl methyl sites for hydroxylation is 1. The predicted molar refractivity (Wildman–Crippen MR) is 68.2 cm³/mol. The summed E-state index contributed by atoms with van der Waals surface area (Å²) in [6, 6.07) is 7.96. The summed E-state index contributed by atoms with van der Waals surface area (Å²) in [4.78, 5) is 17.0. The molecule has 3 nitrogen and oxygen atoms in total. The molecule has 3 rings (SSSR count). The van der Waals surface area contributed by atoms with Crippen LogP contribution in [0.5, 0.6) is 0 Å². The SMILES string of the molecule is Cc1nc2ccccc2c(=O)n1C1CCCC1. The molecule has 0 spiro atoms. The third-order valence-corrected chi connectivity index (χ3v) is 3.67. The molecular weight excluding hydrogens is 212 g/mol. The summed E-state index contributed by atoms with van der Waals surface area (Å²) in [7, 11) is 0. The highest BCUT2D eigenvalue weighted by atomic mass is 16.1. The fourth-order valence-electron chi connectivity index (χ4n) is 2.85. The second-order valence-electron chi connectivity index (χ2n) is 4.79. The van der Waals surface area contributed by atoms with Crippen molar-refractivity contribution >= 4 is 10.9 Å². The van der Waals surface area contributed by atoms with E-state index in [4.69, 9.17) is 0 Å². The molecule has 1 aromatic carbocycles. The minimum Gasteiger partial charge on any atom is -0.293 e. The van der Waals surface area contributed by atoms with E-state index in [1.165, 1.54) is 12.8 Å². The maximum atomic E-state index is 12.5. The van der Waals surface area contributed by atoms with Crippen molar-refractivity contribution in [1.82, 2.24) is 9.55 Å². The van der Waals surface area contributed by atoms with E-state index in [1.54, 1.807) is 0 Å². The van der Waals surface area contributed by atoms with E-state index < -0.39 is 0 Å². The second-order valence-corrected chi connectivity index (χ2v) is 4.79. The van der Waals surface area contributed by atoms with Gasteiger partial charge >= 0.3 is 0 Å². The van der Waals surface area contributed by atoms with Crippen molar-refractivity contribution in [1.29, 1.82) is 0 Å². The highest BCUT2D eigenvalue weighted by Crippen LogP contribution is 2.29. The summed E-state index contributed by atoms with van der Waals surface area (Å²) >= 11 is 0. The van der Waals surface area contributed by atoms with Crippen LogP contribution in [-0.2, 0) is 0 Å². The Hall–Kier alpha value is -1.64. The predicted octanol–water partition coefficient (Wildman–Crippen LogP) is 2.82. The van der Waals surface area contributed by atoms with Gasteiger partial charge in [0.1, 0.15) is 5.82 Å². The lowest BCUT2D eigenvalue weighted by Crippen LogP contribution is -2.26. The quantitative estimate of drug-likeness (QED) is 0.752. The molecule has 1 saturated carbocycles. The van der Waals surface area contributed by atoms with Crippen molar-refractivity contribution in [2.45, 2.75) is 38.6 Å². The van der Waals surface area contributed by atoms with Gasteiger partial charge in [0.15, 0.2) is 0 Å². The standard InChI is InChI=1S/C14H16N2O/c1-10-15-13-9-5-4-8-12(13)14(17)16(10)11-6-2-3-7-11/h4-5,8-9,11H,2-3,6-7H2,1H3. The van der Waals surface area contributed by atoms with Gasteiger partial charge < -0.3 is 0 Å². The van der Waals surface area contributed by atoms with Gasteiger partial charge in [-0.25, -0.2) is 4.98 Å². The average molecular weight is 228 g/mol. The molecule has 1 aliphatic carbocycles. The van der Waals surface area contributed by atoms with E-state index in [2.05, 4.69) is 4.98 Å². The largest absolute Gasteiger partial charge is 0.293 e. The first-order valence-corrected chi connectivity index (χ1v) is 6.25. The molecule has 88 valence electrons. The number of benzene rings is 1. The Labute approximate surface area is 100 Å². The first-order valence-electron chi connectivity index (χ1n) is 6.25. The van der Waals surface area contributed by atoms with Crippen molar-refractivity contribution < 1.29 is 0 Å². The van der Waals surface area contributed by atoms with E-state index in [0.717, 1.165) is 29.6 Å². The first-order chi connectivity index (χ1) is 8.27. The summed E-state index contributed by atoms with van der Waals surface area (Å²) in [5.74, 6) is 0.848. The third kappa shape index (κ3) is 1.66. The molecule has 0 amide bonds. The van der Waals surface area contributed by atoms with Gasteiger partial charge in [-0.05, 0) is 31.9 Å². The Morgan fingerprint density at radius 2 is 1.94 bits per heavy atom. The zero-order valence-corrected chi connectivity index (χ0v) is 10.0. The van der Waals surface area contributed by atoms with Crippen LogP contribution in [0.1, 0.15) is 37.5 Å². The minimum absolute atomic E-state index is 0.125. The Bertz CT molecular complexity index is 609. The van der Waals surface area contributed by atoms with Crippen LogP contribution in [0.3, 0.4) is 0 Å². The number of hydrogen-bond acceptors (Lipinski definition) is 2. The van der Waals surface area contributed by atoms with E-state index in [0.29, 0.717) is 6.04 Å². The van der Waals surface area contributed by atoms with E-state index >= 15 is 0 Å². The third-order valence-electron chi connectivity index (χ3n) is 3.67. The number of nitrogens with zero attached hydrogens (tertiary/aromatic N) is 2. The van der Waals surface area contributed by atoms with Crippen molar-refractivity contribution in [3.05, 3.63) is 40.4 Å². The molecule has 1 fully saturated rings. The summed E-state index contributed by atoms with van der Waals surface area (Å²) in [6.07, 6.45) is 4.67. The number of para-hydroxylation sites is 1. The van der Waals surface area contributed by atoms with Crippen LogP contribution >= 0.6 is 0 Å². The maximum Gasteiger partial charge on any atom is 0.261 e. The van der Waals surface area contributed by atoms with Crippen LogP contribution in [0.15, 0.2) is 29.1 Å². The molecule has 17 heavy (non-hydrogen) atoms. The normalized spacial score (nSPS) is 16.8. The molecule has 0 atom stereocenters. The fraction of sp³-hybridized carbons (Fsp3) is 0.429. The van der Waals surface area contributed by atoms with Gasteiger partial charge in [-0.2, -0.15) is 0 Å². The van der Waals surface area contributed by atoms with Crippen molar-refractivity contribution in [2.75, 3.05) is 0 Å². The van der Waals surface area contributed by atoms with Crippen LogP contribution < -0.4 is 5.56 Å². The van der Waals surface area contributed by atoms with Crippen molar-refractivity contribution in [2.24, 2.45) is 0 Å². The van der Waals surface area contributed by atoms with Gasteiger partial charge in [-0.1, -0.05) is 25.0 Å². The molecule has 1 heterocycles. The molecule has 0 saturated heterocycles. The molecule has 0 unspecified atom stereocenters. The zero-order chi connectivity index (χ0) is 11.8. The Morgan fingerprint density at radius 3 is 2.71 bits per heavy atom. The second kappa shape index (κ2) is 3.99.